The summed E-state index contributed by atoms with van der Waals surface area (Å²) in [5, 5.41) is 9.81. The first-order valence-corrected chi connectivity index (χ1v) is 6.29. The molecule has 0 amide bonds. The molecule has 3 rings (SSSR count). The number of hydrogen-bond acceptors (Lipinski definition) is 2. The molecule has 1 aromatic carbocycles. The van der Waals surface area contributed by atoms with Crippen LogP contribution in [0.3, 0.4) is 0 Å². The number of aliphatic hydroxyl groups excluding tert-OH is 1. The van der Waals surface area contributed by atoms with E-state index in [9.17, 15) is 5.11 Å². The van der Waals surface area contributed by atoms with E-state index in [1.165, 1.54) is 31.5 Å². The molecule has 0 radical (unpaired) electrons. The molecule has 2 nitrogen and oxygen atoms in total. The van der Waals surface area contributed by atoms with Crippen LogP contribution in [-0.2, 0) is 0 Å². The van der Waals surface area contributed by atoms with Gasteiger partial charge in [0.15, 0.2) is 0 Å². The molecule has 1 heterocycles. The molecule has 1 saturated carbocycles. The van der Waals surface area contributed by atoms with Crippen molar-refractivity contribution in [3.8, 4) is 0 Å². The molecule has 2 unspecified atom stereocenters. The van der Waals surface area contributed by atoms with E-state index in [2.05, 4.69) is 17.0 Å². The maximum Gasteiger partial charge on any atom is 0.0781 e. The van der Waals surface area contributed by atoms with Crippen LogP contribution < -0.4 is 4.90 Å². The van der Waals surface area contributed by atoms with Gasteiger partial charge in [0, 0.05) is 23.8 Å². The highest BCUT2D eigenvalue weighted by atomic mass is 16.3. The second kappa shape index (κ2) is 3.77. The number of hydrogen-bond donors (Lipinski definition) is 1. The number of fused-ring (bicyclic) bond motifs is 2. The van der Waals surface area contributed by atoms with Crippen molar-refractivity contribution in [1.82, 2.24) is 0 Å². The van der Waals surface area contributed by atoms with Crippen LogP contribution in [-0.4, -0.2) is 17.7 Å². The Bertz CT molecular complexity index is 388. The third kappa shape index (κ3) is 1.52. The number of rotatable bonds is 2. The van der Waals surface area contributed by atoms with Crippen LogP contribution in [0.25, 0.3) is 0 Å². The van der Waals surface area contributed by atoms with E-state index in [4.69, 9.17) is 0 Å². The van der Waals surface area contributed by atoms with Gasteiger partial charge in [0.05, 0.1) is 6.10 Å². The summed E-state index contributed by atoms with van der Waals surface area (Å²) in [5.74, 6) is 0.895. The lowest BCUT2D eigenvalue weighted by Gasteiger charge is -2.31. The molecule has 2 heteroatoms. The van der Waals surface area contributed by atoms with E-state index in [0.717, 1.165) is 17.5 Å². The Hall–Kier alpha value is -1.02. The van der Waals surface area contributed by atoms with E-state index in [0.29, 0.717) is 0 Å². The number of piperidine rings is 1. The van der Waals surface area contributed by atoms with Crippen molar-refractivity contribution in [2.24, 2.45) is 5.92 Å². The van der Waals surface area contributed by atoms with Gasteiger partial charge in [-0.2, -0.15) is 0 Å². The minimum absolute atomic E-state index is 0.365. The van der Waals surface area contributed by atoms with Crippen molar-refractivity contribution in [3.05, 3.63) is 29.8 Å². The van der Waals surface area contributed by atoms with Crippen molar-refractivity contribution in [1.29, 1.82) is 0 Å². The van der Waals surface area contributed by atoms with E-state index in [-0.39, 0.29) is 6.10 Å². The summed E-state index contributed by atoms with van der Waals surface area (Å²) < 4.78 is 0. The van der Waals surface area contributed by atoms with Gasteiger partial charge in [-0.05, 0) is 38.2 Å². The Kier molecular flexibility index (Phi) is 2.40. The van der Waals surface area contributed by atoms with E-state index < -0.39 is 0 Å². The molecule has 2 aliphatic rings. The zero-order chi connectivity index (χ0) is 11.1. The fourth-order valence-corrected chi connectivity index (χ4v) is 3.32. The summed E-state index contributed by atoms with van der Waals surface area (Å²) in [5.41, 5.74) is 2.33. The minimum Gasteiger partial charge on any atom is -0.389 e. The van der Waals surface area contributed by atoms with Crippen molar-refractivity contribution in [2.75, 3.05) is 11.4 Å². The van der Waals surface area contributed by atoms with Gasteiger partial charge in [-0.15, -0.1) is 0 Å². The second-order valence-corrected chi connectivity index (χ2v) is 5.22. The third-order valence-corrected chi connectivity index (χ3v) is 4.11. The van der Waals surface area contributed by atoms with Gasteiger partial charge in [-0.3, -0.25) is 0 Å². The highest BCUT2D eigenvalue weighted by molar-refractivity contribution is 5.56. The lowest BCUT2D eigenvalue weighted by molar-refractivity contribution is 0.199. The first-order chi connectivity index (χ1) is 7.75. The Balaban J connectivity index is 1.94. The van der Waals surface area contributed by atoms with Crippen molar-refractivity contribution in [3.63, 3.8) is 0 Å². The lowest BCUT2D eigenvalue weighted by atomic mass is 10.0. The molecule has 2 fully saturated rings. The van der Waals surface area contributed by atoms with Crippen LogP contribution >= 0.6 is 0 Å². The normalized spacial score (nSPS) is 29.8. The first kappa shape index (κ1) is 10.2. The third-order valence-electron chi connectivity index (χ3n) is 4.11. The highest BCUT2D eigenvalue weighted by Crippen LogP contribution is 2.42. The second-order valence-electron chi connectivity index (χ2n) is 5.22. The Labute approximate surface area is 96.9 Å². The van der Waals surface area contributed by atoms with Crippen LogP contribution in [0.15, 0.2) is 24.3 Å². The summed E-state index contributed by atoms with van der Waals surface area (Å²) in [6.07, 6.45) is 3.72. The molecule has 1 N–H and O–H groups in total. The zero-order valence-electron chi connectivity index (χ0n) is 9.76. The summed E-state index contributed by atoms with van der Waals surface area (Å²) >= 11 is 0. The largest absolute Gasteiger partial charge is 0.389 e. The Morgan fingerprint density at radius 1 is 1.31 bits per heavy atom. The fraction of sp³-hybridized carbons (Fsp3) is 0.571. The molecule has 1 aliphatic heterocycles. The van der Waals surface area contributed by atoms with Crippen molar-refractivity contribution in [2.45, 2.75) is 38.3 Å². The minimum atomic E-state index is -0.365. The van der Waals surface area contributed by atoms with Crippen LogP contribution in [0.1, 0.15) is 37.9 Å². The standard InChI is InChI=1S/C14H19NO/c1-10(16)13-4-2-3-5-14(13)15-9-11-6-7-12(15)8-11/h2-5,10-12,16H,6-9H2,1H3/t10-,11?,12?/m0/s1. The van der Waals surface area contributed by atoms with Crippen LogP contribution in [0, 0.1) is 5.92 Å². The van der Waals surface area contributed by atoms with Crippen LogP contribution in [0.5, 0.6) is 0 Å². The van der Waals surface area contributed by atoms with Crippen LogP contribution in [0.4, 0.5) is 5.69 Å². The number of para-hydroxylation sites is 1. The van der Waals surface area contributed by atoms with Gasteiger partial charge >= 0.3 is 0 Å². The van der Waals surface area contributed by atoms with Gasteiger partial charge in [0.2, 0.25) is 0 Å². The molecule has 0 spiro atoms. The molecule has 0 aromatic heterocycles. The smallest absolute Gasteiger partial charge is 0.0781 e. The predicted molar refractivity (Wildman–Crippen MR) is 65.6 cm³/mol. The van der Waals surface area contributed by atoms with E-state index in [1.807, 2.05) is 19.1 Å². The number of benzene rings is 1. The number of anilines is 1. The molecular formula is C14H19NO. The zero-order valence-corrected chi connectivity index (χ0v) is 9.76. The summed E-state index contributed by atoms with van der Waals surface area (Å²) in [6, 6.07) is 9.02. The van der Waals surface area contributed by atoms with Crippen molar-refractivity contribution >= 4 is 5.69 Å². The molecule has 16 heavy (non-hydrogen) atoms. The molecule has 1 aromatic rings. The van der Waals surface area contributed by atoms with E-state index >= 15 is 0 Å². The van der Waals surface area contributed by atoms with Gasteiger partial charge < -0.3 is 10.0 Å². The van der Waals surface area contributed by atoms with Gasteiger partial charge in [-0.25, -0.2) is 0 Å². The Morgan fingerprint density at radius 3 is 2.75 bits per heavy atom. The maximum absolute atomic E-state index is 9.81. The highest BCUT2D eigenvalue weighted by Gasteiger charge is 2.38. The monoisotopic (exact) mass is 217 g/mol. The van der Waals surface area contributed by atoms with Crippen LogP contribution in [0.2, 0.25) is 0 Å². The molecule has 86 valence electrons. The van der Waals surface area contributed by atoms with E-state index in [1.54, 1.807) is 0 Å². The molecule has 3 atom stereocenters. The van der Waals surface area contributed by atoms with Crippen molar-refractivity contribution < 1.29 is 5.11 Å². The molecule has 1 aliphatic carbocycles. The SMILES string of the molecule is C[C@H](O)c1ccccc1N1CC2CCC1C2. The van der Waals surface area contributed by atoms with Gasteiger partial charge in [0.1, 0.15) is 0 Å². The maximum atomic E-state index is 9.81. The number of nitrogens with zero attached hydrogens (tertiary/aromatic N) is 1. The number of aliphatic hydroxyl groups is 1. The summed E-state index contributed by atoms with van der Waals surface area (Å²) in [4.78, 5) is 2.51. The summed E-state index contributed by atoms with van der Waals surface area (Å²) in [6.45, 7) is 3.04. The molecular weight excluding hydrogens is 198 g/mol. The fourth-order valence-electron chi connectivity index (χ4n) is 3.32. The quantitative estimate of drug-likeness (QED) is 0.823. The topological polar surface area (TPSA) is 23.5 Å². The summed E-state index contributed by atoms with van der Waals surface area (Å²) in [7, 11) is 0. The first-order valence-electron chi connectivity index (χ1n) is 6.29. The molecule has 2 bridgehead atoms. The molecule has 1 saturated heterocycles. The average Bonchev–Trinajstić information content (AvgIpc) is 2.90. The Morgan fingerprint density at radius 2 is 2.12 bits per heavy atom. The van der Waals surface area contributed by atoms with Gasteiger partial charge in [0.25, 0.3) is 0 Å². The van der Waals surface area contributed by atoms with Gasteiger partial charge in [-0.1, -0.05) is 18.2 Å². The lowest BCUT2D eigenvalue weighted by Crippen LogP contribution is -2.32. The predicted octanol–water partition coefficient (Wildman–Crippen LogP) is 2.73. The average molecular weight is 217 g/mol.